The lowest BCUT2D eigenvalue weighted by Gasteiger charge is -2.26. The van der Waals surface area contributed by atoms with Crippen LogP contribution in [-0.4, -0.2) is 23.0 Å². The maximum absolute atomic E-state index is 13.4. The van der Waals surface area contributed by atoms with Crippen LogP contribution in [0.4, 0.5) is 14.9 Å². The lowest BCUT2D eigenvalue weighted by atomic mass is 10.1. The van der Waals surface area contributed by atoms with Gasteiger partial charge in [-0.05, 0) is 64.6 Å². The number of urea groups is 1. The lowest BCUT2D eigenvalue weighted by Crippen LogP contribution is -2.54. The molecule has 1 saturated heterocycles. The van der Waals surface area contributed by atoms with Gasteiger partial charge in [-0.15, -0.1) is 0 Å². The minimum absolute atomic E-state index is 0.0150. The summed E-state index contributed by atoms with van der Waals surface area (Å²) >= 11 is 1.90. The minimum atomic E-state index is -0.946. The molecule has 0 aromatic heterocycles. The van der Waals surface area contributed by atoms with Crippen LogP contribution in [0.2, 0.25) is 0 Å². The number of anilines is 1. The van der Waals surface area contributed by atoms with Crippen molar-refractivity contribution in [2.24, 2.45) is 0 Å². The van der Waals surface area contributed by atoms with Crippen LogP contribution in [0.25, 0.3) is 6.08 Å². The molecule has 0 radical (unpaired) electrons. The zero-order valence-corrected chi connectivity index (χ0v) is 14.7. The molecule has 0 saturated carbocycles. The molecule has 6 nitrogen and oxygen atoms in total. The summed E-state index contributed by atoms with van der Waals surface area (Å²) in [6.07, 6.45) is 1.30. The van der Waals surface area contributed by atoms with Crippen molar-refractivity contribution in [1.29, 1.82) is 0 Å². The van der Waals surface area contributed by atoms with Crippen molar-refractivity contribution in [3.05, 3.63) is 63.0 Å². The van der Waals surface area contributed by atoms with Crippen molar-refractivity contribution in [3.63, 3.8) is 0 Å². The zero-order chi connectivity index (χ0) is 18.1. The average molecular weight is 452 g/mol. The van der Waals surface area contributed by atoms with E-state index in [-0.39, 0.29) is 17.0 Å². The fourth-order valence-corrected chi connectivity index (χ4v) is 2.83. The Hall–Kier alpha value is -2.75. The van der Waals surface area contributed by atoms with E-state index in [1.54, 1.807) is 6.07 Å². The van der Waals surface area contributed by atoms with E-state index < -0.39 is 23.7 Å². The van der Waals surface area contributed by atoms with Crippen molar-refractivity contribution in [2.45, 2.75) is 0 Å². The third kappa shape index (κ3) is 3.38. The Morgan fingerprint density at radius 3 is 2.56 bits per heavy atom. The number of nitrogens with zero attached hydrogens (tertiary/aromatic N) is 1. The molecule has 3 rings (SSSR count). The van der Waals surface area contributed by atoms with Crippen molar-refractivity contribution in [2.75, 3.05) is 4.90 Å². The van der Waals surface area contributed by atoms with Crippen LogP contribution in [0, 0.1) is 9.39 Å². The van der Waals surface area contributed by atoms with Gasteiger partial charge in [0.15, 0.2) is 0 Å². The van der Waals surface area contributed by atoms with E-state index in [2.05, 4.69) is 5.32 Å². The number of halogens is 2. The molecule has 2 N–H and O–H groups in total. The molecule has 2 aromatic carbocycles. The number of benzene rings is 2. The van der Waals surface area contributed by atoms with Crippen LogP contribution in [0.3, 0.4) is 0 Å². The summed E-state index contributed by atoms with van der Waals surface area (Å²) in [7, 11) is 0. The predicted molar refractivity (Wildman–Crippen MR) is 96.2 cm³/mol. The highest BCUT2D eigenvalue weighted by Crippen LogP contribution is 2.25. The highest BCUT2D eigenvalue weighted by Gasteiger charge is 2.36. The van der Waals surface area contributed by atoms with Gasteiger partial charge in [0.05, 0.1) is 9.26 Å². The number of phenols is 1. The summed E-state index contributed by atoms with van der Waals surface area (Å²) in [6, 6.07) is 8.52. The molecule has 0 aliphatic carbocycles. The zero-order valence-electron chi connectivity index (χ0n) is 12.5. The normalized spacial score (nSPS) is 16.3. The Morgan fingerprint density at radius 1 is 1.12 bits per heavy atom. The summed E-state index contributed by atoms with van der Waals surface area (Å²) in [5.41, 5.74) is 0.237. The van der Waals surface area contributed by atoms with Crippen molar-refractivity contribution >= 4 is 52.2 Å². The molecule has 126 valence electrons. The number of imide groups is 2. The highest BCUT2D eigenvalue weighted by atomic mass is 127. The van der Waals surface area contributed by atoms with E-state index in [4.69, 9.17) is 0 Å². The Kier molecular flexibility index (Phi) is 4.53. The number of hydrogen-bond donors (Lipinski definition) is 2. The maximum atomic E-state index is 13.4. The molecule has 4 amide bonds. The lowest BCUT2D eigenvalue weighted by molar-refractivity contribution is -0.122. The monoisotopic (exact) mass is 452 g/mol. The first-order valence-corrected chi connectivity index (χ1v) is 8.10. The molecule has 1 aliphatic rings. The molecular weight excluding hydrogens is 442 g/mol. The smallest absolute Gasteiger partial charge is 0.335 e. The number of aromatic hydroxyl groups is 1. The molecule has 25 heavy (non-hydrogen) atoms. The molecule has 1 heterocycles. The molecule has 8 heteroatoms. The number of barbiturate groups is 1. The van der Waals surface area contributed by atoms with Gasteiger partial charge < -0.3 is 5.11 Å². The summed E-state index contributed by atoms with van der Waals surface area (Å²) in [4.78, 5) is 37.4. The predicted octanol–water partition coefficient (Wildman–Crippen LogP) is 2.80. The van der Waals surface area contributed by atoms with Gasteiger partial charge in [0.1, 0.15) is 17.1 Å². The summed E-state index contributed by atoms with van der Waals surface area (Å²) in [6.45, 7) is 0. The number of amides is 4. The Balaban J connectivity index is 2.03. The second kappa shape index (κ2) is 6.63. The number of hydrogen-bond acceptors (Lipinski definition) is 4. The number of nitrogens with one attached hydrogen (secondary N) is 1. The van der Waals surface area contributed by atoms with Gasteiger partial charge >= 0.3 is 6.03 Å². The molecule has 1 fully saturated rings. The fraction of sp³-hybridized carbons (Fsp3) is 0. The number of rotatable bonds is 2. The standard InChI is InChI=1S/C17H10FIN2O4/c18-10-2-1-3-11(8-10)21-16(24)12(15(23)20-17(21)25)6-9-4-5-14(22)13(19)7-9/h1-8,22H,(H,20,23,25)/b12-6+. The summed E-state index contributed by atoms with van der Waals surface area (Å²) in [5.74, 6) is -2.25. The van der Waals surface area contributed by atoms with Crippen molar-refractivity contribution in [3.8, 4) is 5.75 Å². The van der Waals surface area contributed by atoms with E-state index in [1.165, 1.54) is 36.4 Å². The van der Waals surface area contributed by atoms with Crippen LogP contribution in [0.5, 0.6) is 5.75 Å². The molecule has 0 spiro atoms. The SMILES string of the molecule is O=C1NC(=O)N(c2cccc(F)c2)C(=O)/C1=C/c1ccc(O)c(I)c1. The first kappa shape index (κ1) is 17.1. The molecule has 2 aromatic rings. The molecule has 0 atom stereocenters. The van der Waals surface area contributed by atoms with E-state index in [0.717, 1.165) is 6.07 Å². The molecule has 1 aliphatic heterocycles. The van der Waals surface area contributed by atoms with Gasteiger partial charge in [-0.25, -0.2) is 14.1 Å². The summed E-state index contributed by atoms with van der Waals surface area (Å²) in [5, 5.41) is 11.6. The number of carbonyl (C=O) groups is 3. The van der Waals surface area contributed by atoms with Crippen LogP contribution in [0.1, 0.15) is 5.56 Å². The van der Waals surface area contributed by atoms with Crippen molar-refractivity contribution < 1.29 is 23.9 Å². The van der Waals surface area contributed by atoms with E-state index >= 15 is 0 Å². The van der Waals surface area contributed by atoms with Crippen LogP contribution in [-0.2, 0) is 9.59 Å². The average Bonchev–Trinajstić information content (AvgIpc) is 2.54. The topological polar surface area (TPSA) is 86.7 Å². The third-order valence-electron chi connectivity index (χ3n) is 3.45. The largest absolute Gasteiger partial charge is 0.507 e. The van der Waals surface area contributed by atoms with Gasteiger partial charge in [-0.1, -0.05) is 12.1 Å². The molecule has 0 unspecified atom stereocenters. The number of carbonyl (C=O) groups excluding carboxylic acids is 3. The first-order chi connectivity index (χ1) is 11.9. The second-order valence-electron chi connectivity index (χ2n) is 5.15. The van der Waals surface area contributed by atoms with Gasteiger partial charge in [0.25, 0.3) is 11.8 Å². The van der Waals surface area contributed by atoms with Crippen LogP contribution in [0.15, 0.2) is 48.0 Å². The van der Waals surface area contributed by atoms with Crippen LogP contribution >= 0.6 is 22.6 Å². The van der Waals surface area contributed by atoms with E-state index in [1.807, 2.05) is 22.6 Å². The van der Waals surface area contributed by atoms with Crippen molar-refractivity contribution in [1.82, 2.24) is 5.32 Å². The van der Waals surface area contributed by atoms with Gasteiger partial charge in [0, 0.05) is 0 Å². The minimum Gasteiger partial charge on any atom is -0.507 e. The first-order valence-electron chi connectivity index (χ1n) is 7.02. The molecular formula is C17H10FIN2O4. The highest BCUT2D eigenvalue weighted by molar-refractivity contribution is 14.1. The van der Waals surface area contributed by atoms with E-state index in [9.17, 15) is 23.9 Å². The van der Waals surface area contributed by atoms with Gasteiger partial charge in [-0.2, -0.15) is 0 Å². The van der Waals surface area contributed by atoms with Gasteiger partial charge in [0.2, 0.25) is 0 Å². The Morgan fingerprint density at radius 2 is 1.88 bits per heavy atom. The fourth-order valence-electron chi connectivity index (χ4n) is 2.29. The molecule has 0 bridgehead atoms. The van der Waals surface area contributed by atoms with Crippen LogP contribution < -0.4 is 10.2 Å². The van der Waals surface area contributed by atoms with Gasteiger partial charge in [-0.3, -0.25) is 14.9 Å². The third-order valence-corrected chi connectivity index (χ3v) is 4.31. The quantitative estimate of drug-likeness (QED) is 0.417. The Bertz CT molecular complexity index is 942. The Labute approximate surface area is 155 Å². The maximum Gasteiger partial charge on any atom is 0.335 e. The number of phenolic OH excluding ortho intramolecular Hbond substituents is 1. The van der Waals surface area contributed by atoms with E-state index in [0.29, 0.717) is 14.0 Å². The second-order valence-corrected chi connectivity index (χ2v) is 6.31. The summed E-state index contributed by atoms with van der Waals surface area (Å²) < 4.78 is 13.9.